The van der Waals surface area contributed by atoms with Gasteiger partial charge in [0.25, 0.3) is 0 Å². The highest BCUT2D eigenvalue weighted by Crippen LogP contribution is 2.65. The fourth-order valence-corrected chi connectivity index (χ4v) is 7.49. The number of Topliss-reactive ketones (excluding diaryl/α,β-unsaturated/α-hetero) is 1. The van der Waals surface area contributed by atoms with Crippen LogP contribution in [0.25, 0.3) is 0 Å². The van der Waals surface area contributed by atoms with E-state index in [0.29, 0.717) is 35.4 Å². The Morgan fingerprint density at radius 2 is 2.04 bits per heavy atom. The Balaban J connectivity index is 1.64. The van der Waals surface area contributed by atoms with E-state index in [1.807, 2.05) is 6.08 Å². The summed E-state index contributed by atoms with van der Waals surface area (Å²) in [6.45, 7) is 4.25. The number of hydrogen-bond donors (Lipinski definition) is 1. The van der Waals surface area contributed by atoms with Crippen molar-refractivity contribution in [2.45, 2.75) is 65.2 Å². The summed E-state index contributed by atoms with van der Waals surface area (Å²) in [4.78, 5) is 24.4. The molecule has 0 bridgehead atoms. The van der Waals surface area contributed by atoms with E-state index in [2.05, 4.69) is 13.8 Å². The van der Waals surface area contributed by atoms with Crippen molar-refractivity contribution in [1.29, 1.82) is 0 Å². The lowest BCUT2D eigenvalue weighted by molar-refractivity contribution is -0.133. The Hall–Kier alpha value is -0.960. The molecule has 0 spiro atoms. The third-order valence-electron chi connectivity index (χ3n) is 8.50. The molecule has 4 rings (SSSR count). The van der Waals surface area contributed by atoms with Crippen LogP contribution < -0.4 is 0 Å². The number of carbonyl (C=O) groups excluding carboxylic acids is 2. The van der Waals surface area contributed by atoms with Crippen molar-refractivity contribution in [3.05, 3.63) is 11.6 Å². The molecule has 0 aromatic heterocycles. The zero-order valence-corrected chi connectivity index (χ0v) is 15.7. The minimum atomic E-state index is -0.296. The topological polar surface area (TPSA) is 54.4 Å². The fraction of sp³-hybridized carbons (Fsp3) is 0.818. The van der Waals surface area contributed by atoms with Crippen molar-refractivity contribution in [3.63, 3.8) is 0 Å². The molecule has 3 saturated carbocycles. The second kappa shape index (κ2) is 6.33. The quantitative estimate of drug-likeness (QED) is 0.843. The standard InChI is InChI=1S/C22H32O3/c1-3-13-11-19-18-6-4-14-10-15(24)5-7-16(14)17(18)8-9-22(19,2)21(13)20(25)12-23/h10,13,16-19,21,23H,3-9,11-12H2,1-2H3/t13-,16+,17-,18-,19?,21-,22+/m1/s1. The minimum absolute atomic E-state index is 0.0540. The Morgan fingerprint density at radius 3 is 2.76 bits per heavy atom. The molecule has 138 valence electrons. The normalized spacial score (nSPS) is 46.0. The third-order valence-corrected chi connectivity index (χ3v) is 8.50. The summed E-state index contributed by atoms with van der Waals surface area (Å²) in [5.74, 6) is 3.56. The highest BCUT2D eigenvalue weighted by Gasteiger charge is 2.60. The Kier molecular flexibility index (Phi) is 4.42. The van der Waals surface area contributed by atoms with Gasteiger partial charge < -0.3 is 5.11 Å². The van der Waals surface area contributed by atoms with Crippen molar-refractivity contribution in [2.24, 2.45) is 40.9 Å². The van der Waals surface area contributed by atoms with Crippen molar-refractivity contribution in [2.75, 3.05) is 6.61 Å². The van der Waals surface area contributed by atoms with E-state index in [-0.39, 0.29) is 23.7 Å². The fourth-order valence-electron chi connectivity index (χ4n) is 7.49. The number of aliphatic hydroxyl groups is 1. The van der Waals surface area contributed by atoms with Gasteiger partial charge in [0, 0.05) is 12.3 Å². The Morgan fingerprint density at radius 1 is 1.24 bits per heavy atom. The van der Waals surface area contributed by atoms with Gasteiger partial charge in [-0.25, -0.2) is 0 Å². The summed E-state index contributed by atoms with van der Waals surface area (Å²) in [5, 5.41) is 9.54. The van der Waals surface area contributed by atoms with Gasteiger partial charge in [-0.15, -0.1) is 0 Å². The molecule has 4 aliphatic rings. The maximum atomic E-state index is 12.6. The summed E-state index contributed by atoms with van der Waals surface area (Å²) in [5.41, 5.74) is 1.50. The molecule has 3 heteroatoms. The highest BCUT2D eigenvalue weighted by molar-refractivity contribution is 5.91. The molecule has 0 radical (unpaired) electrons. The van der Waals surface area contributed by atoms with E-state index in [1.165, 1.54) is 18.4 Å². The van der Waals surface area contributed by atoms with Crippen molar-refractivity contribution < 1.29 is 14.7 Å². The van der Waals surface area contributed by atoms with Crippen LogP contribution >= 0.6 is 0 Å². The summed E-state index contributed by atoms with van der Waals surface area (Å²) in [6, 6.07) is 0. The average molecular weight is 344 g/mol. The number of aliphatic hydroxyl groups excluding tert-OH is 1. The van der Waals surface area contributed by atoms with Crippen LogP contribution in [-0.4, -0.2) is 23.3 Å². The summed E-state index contributed by atoms with van der Waals surface area (Å²) < 4.78 is 0. The first-order valence-corrected chi connectivity index (χ1v) is 10.4. The molecule has 0 aromatic carbocycles. The molecule has 0 saturated heterocycles. The zero-order chi connectivity index (χ0) is 17.8. The SMILES string of the molecule is CC[C@@H]1CC2[C@@H]3CCC4=CC(=O)CC[C@@H]4[C@H]3CC[C@]2(C)[C@H]1C(=O)CO. The van der Waals surface area contributed by atoms with Crippen LogP contribution in [0.3, 0.4) is 0 Å². The molecule has 3 nitrogen and oxygen atoms in total. The lowest BCUT2D eigenvalue weighted by Gasteiger charge is -2.53. The molecule has 7 atom stereocenters. The molecule has 1 N–H and O–H groups in total. The number of ketones is 2. The first kappa shape index (κ1) is 17.5. The predicted octanol–water partition coefficient (Wildman–Crippen LogP) is 3.94. The van der Waals surface area contributed by atoms with Gasteiger partial charge in [0.1, 0.15) is 6.61 Å². The summed E-state index contributed by atoms with van der Waals surface area (Å²) in [7, 11) is 0. The molecule has 4 aliphatic carbocycles. The molecule has 0 aromatic rings. The minimum Gasteiger partial charge on any atom is -0.389 e. The van der Waals surface area contributed by atoms with Crippen LogP contribution in [0.4, 0.5) is 0 Å². The van der Waals surface area contributed by atoms with Crippen LogP contribution in [0.2, 0.25) is 0 Å². The Labute approximate surface area is 151 Å². The van der Waals surface area contributed by atoms with Crippen LogP contribution in [0.1, 0.15) is 65.2 Å². The van der Waals surface area contributed by atoms with E-state index in [0.717, 1.165) is 38.5 Å². The van der Waals surface area contributed by atoms with Crippen LogP contribution in [0.15, 0.2) is 11.6 Å². The molecule has 0 aliphatic heterocycles. The van der Waals surface area contributed by atoms with Gasteiger partial charge >= 0.3 is 0 Å². The zero-order valence-electron chi connectivity index (χ0n) is 15.7. The van der Waals surface area contributed by atoms with E-state index in [4.69, 9.17) is 0 Å². The molecule has 1 unspecified atom stereocenters. The largest absolute Gasteiger partial charge is 0.389 e. The second-order valence-corrected chi connectivity index (χ2v) is 9.35. The smallest absolute Gasteiger partial charge is 0.162 e. The van der Waals surface area contributed by atoms with E-state index >= 15 is 0 Å². The second-order valence-electron chi connectivity index (χ2n) is 9.35. The highest BCUT2D eigenvalue weighted by atomic mass is 16.3. The van der Waals surface area contributed by atoms with E-state index in [1.54, 1.807) is 0 Å². The van der Waals surface area contributed by atoms with E-state index < -0.39 is 0 Å². The molecular formula is C22H32O3. The lowest BCUT2D eigenvalue weighted by Crippen LogP contribution is -2.48. The monoisotopic (exact) mass is 344 g/mol. The maximum Gasteiger partial charge on any atom is 0.162 e. The molecular weight excluding hydrogens is 312 g/mol. The first-order chi connectivity index (χ1) is 12.0. The number of fused-ring (bicyclic) bond motifs is 5. The Bertz CT molecular complexity index is 606. The van der Waals surface area contributed by atoms with Gasteiger partial charge in [0.05, 0.1) is 0 Å². The van der Waals surface area contributed by atoms with Gasteiger partial charge in [-0.05, 0) is 79.6 Å². The summed E-state index contributed by atoms with van der Waals surface area (Å²) in [6.07, 6.45) is 10.5. The van der Waals surface area contributed by atoms with Crippen LogP contribution in [0.5, 0.6) is 0 Å². The van der Waals surface area contributed by atoms with Crippen molar-refractivity contribution in [3.8, 4) is 0 Å². The molecule has 3 fully saturated rings. The lowest BCUT2D eigenvalue weighted by atomic mass is 9.51. The molecule has 0 amide bonds. The first-order valence-electron chi connectivity index (χ1n) is 10.4. The van der Waals surface area contributed by atoms with Crippen LogP contribution in [-0.2, 0) is 9.59 Å². The maximum absolute atomic E-state index is 12.6. The number of rotatable bonds is 3. The predicted molar refractivity (Wildman–Crippen MR) is 96.8 cm³/mol. The summed E-state index contributed by atoms with van der Waals surface area (Å²) >= 11 is 0. The number of carbonyl (C=O) groups is 2. The third kappa shape index (κ3) is 2.57. The van der Waals surface area contributed by atoms with E-state index in [9.17, 15) is 14.7 Å². The van der Waals surface area contributed by atoms with Gasteiger partial charge in [-0.2, -0.15) is 0 Å². The van der Waals surface area contributed by atoms with Crippen molar-refractivity contribution >= 4 is 11.6 Å². The van der Waals surface area contributed by atoms with Gasteiger partial charge in [-0.3, -0.25) is 9.59 Å². The van der Waals surface area contributed by atoms with Gasteiger partial charge in [0.2, 0.25) is 0 Å². The average Bonchev–Trinajstić information content (AvgIpc) is 2.93. The number of allylic oxidation sites excluding steroid dienone is 1. The molecule has 25 heavy (non-hydrogen) atoms. The number of hydrogen-bond acceptors (Lipinski definition) is 3. The van der Waals surface area contributed by atoms with Crippen molar-refractivity contribution in [1.82, 2.24) is 0 Å². The molecule has 0 heterocycles. The van der Waals surface area contributed by atoms with Gasteiger partial charge in [-0.1, -0.05) is 25.8 Å². The van der Waals surface area contributed by atoms with Crippen LogP contribution in [0, 0.1) is 40.9 Å². The van der Waals surface area contributed by atoms with Gasteiger partial charge in [0.15, 0.2) is 11.6 Å².